The number of benzene rings is 2. The van der Waals surface area contributed by atoms with Gasteiger partial charge in [0.05, 0.1) is 11.0 Å². The Morgan fingerprint density at radius 1 is 1.00 bits per heavy atom. The van der Waals surface area contributed by atoms with Crippen molar-refractivity contribution in [3.8, 4) is 11.3 Å². The van der Waals surface area contributed by atoms with Gasteiger partial charge in [-0.3, -0.25) is 9.97 Å². The maximum Gasteiger partial charge on any atom is 0.354 e. The zero-order valence-electron chi connectivity index (χ0n) is 14.7. The van der Waals surface area contributed by atoms with Gasteiger partial charge in [0, 0.05) is 38.6 Å². The molecule has 0 fully saturated rings. The molecule has 2 aromatic heterocycles. The minimum atomic E-state index is -0.990. The van der Waals surface area contributed by atoms with Crippen molar-refractivity contribution in [2.24, 2.45) is 0 Å². The number of carboxylic acids is 1. The molecule has 0 aliphatic rings. The summed E-state index contributed by atoms with van der Waals surface area (Å²) in [5.74, 6) is -0.990. The fourth-order valence-corrected chi connectivity index (χ4v) is 2.50. The first kappa shape index (κ1) is 21.7. The number of aryl methyl sites for hydroxylation is 1. The van der Waals surface area contributed by atoms with Crippen LogP contribution in [0.2, 0.25) is 5.02 Å². The van der Waals surface area contributed by atoms with Crippen molar-refractivity contribution >= 4 is 28.6 Å². The van der Waals surface area contributed by atoms with E-state index in [4.69, 9.17) is 16.7 Å². The van der Waals surface area contributed by atoms with E-state index in [-0.39, 0.29) is 26.8 Å². The maximum absolute atomic E-state index is 10.1. The van der Waals surface area contributed by atoms with E-state index >= 15 is 0 Å². The number of halogens is 1. The van der Waals surface area contributed by atoms with Crippen LogP contribution in [0.5, 0.6) is 0 Å². The predicted octanol–water partition coefficient (Wildman–Crippen LogP) is 4.84. The Balaban J connectivity index is 0.000000239. The maximum atomic E-state index is 10.1. The number of nitrogens with zero attached hydrogens (tertiary/aromatic N) is 3. The number of fused-ring (bicyclic) bond motifs is 1. The third kappa shape index (κ3) is 5.44. The van der Waals surface area contributed by atoms with Crippen LogP contribution < -0.4 is 0 Å². The van der Waals surface area contributed by atoms with Crippen molar-refractivity contribution in [3.05, 3.63) is 89.3 Å². The summed E-state index contributed by atoms with van der Waals surface area (Å²) < 4.78 is 0. The third-order valence-corrected chi connectivity index (χ3v) is 3.89. The monoisotopic (exact) mass is 571 g/mol. The summed E-state index contributed by atoms with van der Waals surface area (Å²) >= 11 is 5.87. The molecule has 28 heavy (non-hydrogen) atoms. The molecule has 0 saturated carbocycles. The smallest absolute Gasteiger partial charge is 0.354 e. The quantitative estimate of drug-likeness (QED) is 0.349. The normalized spacial score (nSPS) is 9.79. The Morgan fingerprint density at radius 3 is 2.21 bits per heavy atom. The minimum Gasteiger partial charge on any atom is -0.477 e. The van der Waals surface area contributed by atoms with Gasteiger partial charge in [0.25, 0.3) is 0 Å². The van der Waals surface area contributed by atoms with Gasteiger partial charge in [-0.05, 0) is 36.2 Å². The summed E-state index contributed by atoms with van der Waals surface area (Å²) in [5.41, 5.74) is 4.54. The Bertz CT molecular complexity index is 1070. The molecule has 0 saturated heterocycles. The minimum absolute atomic E-state index is 0. The molecule has 4 aromatic rings. The SMILES string of the molecule is Cc1nc2ccccc2nc1-c1[c-]cc(Cl)cc1.O=C(O)c1ccccn1.[Pt]. The summed E-state index contributed by atoms with van der Waals surface area (Å²) in [7, 11) is 0. The standard InChI is InChI=1S/C15H10ClN2.C6H5NO2.Pt/c1-10-15(11-6-8-12(16)9-7-11)18-14-5-3-2-4-13(14)17-10;8-6(9)5-3-1-2-4-7-5;/h2-6,8-9H,1H3;1-4H,(H,8,9);/q-1;;. The van der Waals surface area contributed by atoms with Crippen molar-refractivity contribution in [2.45, 2.75) is 6.92 Å². The number of hydrogen-bond donors (Lipinski definition) is 1. The first-order valence-electron chi connectivity index (χ1n) is 8.10. The van der Waals surface area contributed by atoms with Crippen LogP contribution in [0.4, 0.5) is 0 Å². The molecule has 4 rings (SSSR count). The van der Waals surface area contributed by atoms with Crippen LogP contribution in [-0.2, 0) is 21.1 Å². The number of rotatable bonds is 2. The van der Waals surface area contributed by atoms with Crippen LogP contribution in [0.15, 0.2) is 66.9 Å². The van der Waals surface area contributed by atoms with E-state index in [9.17, 15) is 4.79 Å². The summed E-state index contributed by atoms with van der Waals surface area (Å²) in [6.07, 6.45) is 1.45. The molecule has 144 valence electrons. The van der Waals surface area contributed by atoms with Crippen molar-refractivity contribution in [2.75, 3.05) is 0 Å². The molecule has 0 aliphatic heterocycles. The average Bonchev–Trinajstić information content (AvgIpc) is 2.69. The molecule has 2 heterocycles. The number of aromatic nitrogens is 3. The second kappa shape index (κ2) is 10.1. The fourth-order valence-electron chi connectivity index (χ4n) is 2.39. The van der Waals surface area contributed by atoms with E-state index in [1.165, 1.54) is 12.3 Å². The van der Waals surface area contributed by atoms with Gasteiger partial charge in [-0.2, -0.15) is 0 Å². The Hall–Kier alpha value is -2.62. The molecule has 0 amide bonds. The Labute approximate surface area is 181 Å². The molecule has 0 radical (unpaired) electrons. The number of hydrogen-bond acceptors (Lipinski definition) is 4. The van der Waals surface area contributed by atoms with E-state index in [1.807, 2.05) is 43.3 Å². The van der Waals surface area contributed by atoms with Gasteiger partial charge in [-0.25, -0.2) is 9.78 Å². The van der Waals surface area contributed by atoms with Gasteiger partial charge in [0.1, 0.15) is 5.69 Å². The zero-order chi connectivity index (χ0) is 19.2. The summed E-state index contributed by atoms with van der Waals surface area (Å²) in [5, 5.41) is 8.99. The average molecular weight is 572 g/mol. The summed E-state index contributed by atoms with van der Waals surface area (Å²) in [6.45, 7) is 1.96. The topological polar surface area (TPSA) is 76.0 Å². The molecule has 1 N–H and O–H groups in total. The molecule has 0 bridgehead atoms. The van der Waals surface area contributed by atoms with Crippen LogP contribution >= 0.6 is 11.6 Å². The van der Waals surface area contributed by atoms with Crippen LogP contribution in [0.3, 0.4) is 0 Å². The van der Waals surface area contributed by atoms with Crippen LogP contribution in [0.1, 0.15) is 16.2 Å². The second-order valence-corrected chi connectivity index (χ2v) is 6.02. The number of carbonyl (C=O) groups is 1. The van der Waals surface area contributed by atoms with Gasteiger partial charge in [-0.1, -0.05) is 18.2 Å². The van der Waals surface area contributed by atoms with Crippen molar-refractivity contribution < 1.29 is 31.0 Å². The number of carboxylic acid groups (broad SMARTS) is 1. The van der Waals surface area contributed by atoms with Crippen LogP contribution in [0.25, 0.3) is 22.3 Å². The third-order valence-electron chi connectivity index (χ3n) is 3.66. The van der Waals surface area contributed by atoms with Gasteiger partial charge >= 0.3 is 5.97 Å². The molecular formula is C21H15ClN3O2Pt-. The van der Waals surface area contributed by atoms with Gasteiger partial charge < -0.3 is 5.11 Å². The zero-order valence-corrected chi connectivity index (χ0v) is 17.8. The number of aromatic carboxylic acids is 1. The largest absolute Gasteiger partial charge is 0.477 e. The van der Waals surface area contributed by atoms with Gasteiger partial charge in [0.15, 0.2) is 0 Å². The summed E-state index contributed by atoms with van der Waals surface area (Å²) in [6, 6.07) is 21.2. The van der Waals surface area contributed by atoms with E-state index in [2.05, 4.69) is 21.0 Å². The first-order chi connectivity index (χ1) is 13.0. The van der Waals surface area contributed by atoms with Crippen molar-refractivity contribution in [3.63, 3.8) is 0 Å². The molecule has 0 spiro atoms. The van der Waals surface area contributed by atoms with Gasteiger partial charge in [-0.15, -0.1) is 41.4 Å². The Kier molecular flexibility index (Phi) is 7.79. The van der Waals surface area contributed by atoms with E-state index < -0.39 is 5.97 Å². The van der Waals surface area contributed by atoms with Crippen molar-refractivity contribution in [1.29, 1.82) is 0 Å². The summed E-state index contributed by atoms with van der Waals surface area (Å²) in [4.78, 5) is 22.9. The molecule has 0 atom stereocenters. The molecule has 0 unspecified atom stereocenters. The Morgan fingerprint density at radius 2 is 1.68 bits per heavy atom. The number of pyridine rings is 1. The van der Waals surface area contributed by atoms with Crippen LogP contribution in [-0.4, -0.2) is 26.0 Å². The molecular weight excluding hydrogens is 557 g/mol. The van der Waals surface area contributed by atoms with Crippen molar-refractivity contribution in [1.82, 2.24) is 15.0 Å². The molecule has 0 aliphatic carbocycles. The van der Waals surface area contributed by atoms with E-state index in [1.54, 1.807) is 18.2 Å². The van der Waals surface area contributed by atoms with Crippen LogP contribution in [0, 0.1) is 13.0 Å². The molecule has 7 heteroatoms. The van der Waals surface area contributed by atoms with E-state index in [0.29, 0.717) is 5.02 Å². The first-order valence-corrected chi connectivity index (χ1v) is 8.47. The fraction of sp³-hybridized carbons (Fsp3) is 0.0476. The molecule has 5 nitrogen and oxygen atoms in total. The van der Waals surface area contributed by atoms with Gasteiger partial charge in [0.2, 0.25) is 0 Å². The number of para-hydroxylation sites is 2. The molecule has 2 aromatic carbocycles. The van der Waals surface area contributed by atoms with E-state index in [0.717, 1.165) is 28.0 Å². The predicted molar refractivity (Wildman–Crippen MR) is 105 cm³/mol. The second-order valence-electron chi connectivity index (χ2n) is 5.59.